The number of rotatable bonds is 3. The van der Waals surface area contributed by atoms with Crippen LogP contribution in [-0.4, -0.2) is 25.2 Å². The third kappa shape index (κ3) is 2.74. The largest absolute Gasteiger partial charge is 0.716 e. The van der Waals surface area contributed by atoms with Crippen LogP contribution in [0.15, 0.2) is 33.5 Å². The fraction of sp³-hybridized carbons (Fsp3) is 0.133. The molecule has 3 aromatic rings. The molecule has 0 radical (unpaired) electrons. The second-order valence-corrected chi connectivity index (χ2v) is 6.02. The Bertz CT molecular complexity index is 1130. The lowest BCUT2D eigenvalue weighted by molar-refractivity contribution is 0.371. The van der Waals surface area contributed by atoms with E-state index in [1.165, 1.54) is 38.3 Å². The van der Waals surface area contributed by atoms with Crippen LogP contribution in [0.2, 0.25) is 0 Å². The maximum Gasteiger partial charge on any atom is 0.262 e. The van der Waals surface area contributed by atoms with Crippen molar-refractivity contribution >= 4 is 32.1 Å². The molecule has 0 aliphatic heterocycles. The minimum atomic E-state index is -5.08. The number of fused-ring (bicyclic) bond motifs is 3. The van der Waals surface area contributed by atoms with Crippen molar-refractivity contribution in [2.75, 3.05) is 7.11 Å². The fourth-order valence-corrected chi connectivity index (χ4v) is 2.86. The van der Waals surface area contributed by atoms with Gasteiger partial charge in [-0.05, 0) is 24.4 Å². The van der Waals surface area contributed by atoms with Gasteiger partial charge < -0.3 is 23.0 Å². The van der Waals surface area contributed by atoms with Crippen molar-refractivity contribution in [1.82, 2.24) is 0 Å². The molecule has 0 atom stereocenters. The van der Waals surface area contributed by atoms with Crippen LogP contribution in [0, 0.1) is 6.92 Å². The van der Waals surface area contributed by atoms with Gasteiger partial charge in [0.2, 0.25) is 0 Å². The van der Waals surface area contributed by atoms with Crippen LogP contribution in [0.3, 0.4) is 0 Å². The van der Waals surface area contributed by atoms with Gasteiger partial charge in [-0.2, -0.15) is 0 Å². The molecule has 1 heterocycles. The highest BCUT2D eigenvalue weighted by atomic mass is 32.3. The number of benzene rings is 2. The summed E-state index contributed by atoms with van der Waals surface area (Å²) in [5.74, 6) is -0.283. The lowest BCUT2D eigenvalue weighted by Crippen LogP contribution is -2.08. The van der Waals surface area contributed by atoms with E-state index in [1.54, 1.807) is 0 Å². The normalized spacial score (nSPS) is 11.8. The van der Waals surface area contributed by atoms with Gasteiger partial charge in [-0.3, -0.25) is 4.79 Å². The van der Waals surface area contributed by atoms with Gasteiger partial charge in [0.05, 0.1) is 12.5 Å². The van der Waals surface area contributed by atoms with Gasteiger partial charge in [-0.25, -0.2) is 8.42 Å². The molecule has 0 saturated heterocycles. The highest BCUT2D eigenvalue weighted by Gasteiger charge is 2.18. The van der Waals surface area contributed by atoms with Crippen molar-refractivity contribution in [3.05, 3.63) is 40.2 Å². The number of aryl methyl sites for hydroxylation is 1. The fourth-order valence-electron chi connectivity index (χ4n) is 2.51. The van der Waals surface area contributed by atoms with Gasteiger partial charge in [0.25, 0.3) is 10.4 Å². The summed E-state index contributed by atoms with van der Waals surface area (Å²) in [4.78, 5) is 12.1. The molecule has 8 nitrogen and oxygen atoms in total. The Morgan fingerprint density at radius 2 is 1.88 bits per heavy atom. The zero-order chi connectivity index (χ0) is 17.6. The first-order valence-electron chi connectivity index (χ1n) is 6.63. The van der Waals surface area contributed by atoms with Crippen LogP contribution in [0.25, 0.3) is 21.7 Å². The van der Waals surface area contributed by atoms with Gasteiger partial charge in [-0.1, -0.05) is 0 Å². The number of hydrogen-bond donors (Lipinski definition) is 1. The number of phenols is 1. The van der Waals surface area contributed by atoms with E-state index < -0.39 is 15.8 Å². The van der Waals surface area contributed by atoms with Crippen LogP contribution in [-0.2, 0) is 10.4 Å². The molecule has 0 spiro atoms. The van der Waals surface area contributed by atoms with Crippen molar-refractivity contribution in [2.45, 2.75) is 6.92 Å². The number of hydrogen-bond acceptors (Lipinski definition) is 8. The van der Waals surface area contributed by atoms with E-state index in [1.807, 2.05) is 0 Å². The molecule has 1 N–H and O–H groups in total. The quantitative estimate of drug-likeness (QED) is 0.430. The zero-order valence-corrected chi connectivity index (χ0v) is 13.3. The molecular weight excluding hydrogens is 340 g/mol. The maximum absolute atomic E-state index is 12.1. The summed E-state index contributed by atoms with van der Waals surface area (Å²) in [5, 5.41) is 10.3. The summed E-state index contributed by atoms with van der Waals surface area (Å²) < 4.78 is 48.1. The third-order valence-corrected chi connectivity index (χ3v) is 3.76. The van der Waals surface area contributed by atoms with Crippen LogP contribution in [0.1, 0.15) is 5.76 Å². The van der Waals surface area contributed by atoms with E-state index in [4.69, 9.17) is 9.15 Å². The number of ether oxygens (including phenoxy) is 1. The van der Waals surface area contributed by atoms with Crippen molar-refractivity contribution in [2.24, 2.45) is 0 Å². The highest BCUT2D eigenvalue weighted by molar-refractivity contribution is 7.81. The standard InChI is InChI=1S/C15H12O8S/c1-7-3-10(16)14-11(17)5-8-4-9(21-2)6-12(23-24(18,19)20)13(8)15(14)22-7/h3-6,17H,1-2H3,(H,18,19,20)/p-1. The van der Waals surface area contributed by atoms with Crippen LogP contribution in [0.5, 0.6) is 17.2 Å². The summed E-state index contributed by atoms with van der Waals surface area (Å²) >= 11 is 0. The smallest absolute Gasteiger partial charge is 0.262 e. The van der Waals surface area contributed by atoms with Crippen molar-refractivity contribution in [1.29, 1.82) is 0 Å². The Morgan fingerprint density at radius 3 is 2.50 bits per heavy atom. The second-order valence-electron chi connectivity index (χ2n) is 5.04. The molecule has 126 valence electrons. The second kappa shape index (κ2) is 5.39. The molecule has 0 unspecified atom stereocenters. The summed E-state index contributed by atoms with van der Waals surface area (Å²) in [7, 11) is -3.75. The first-order chi connectivity index (χ1) is 11.2. The average molecular weight is 351 g/mol. The monoisotopic (exact) mass is 351 g/mol. The Morgan fingerprint density at radius 1 is 1.17 bits per heavy atom. The maximum atomic E-state index is 12.1. The summed E-state index contributed by atoms with van der Waals surface area (Å²) in [6.07, 6.45) is 0. The number of methoxy groups -OCH3 is 1. The molecule has 1 aromatic heterocycles. The predicted molar refractivity (Wildman–Crippen MR) is 83.3 cm³/mol. The van der Waals surface area contributed by atoms with Crippen LogP contribution in [0.4, 0.5) is 0 Å². The molecule has 0 bridgehead atoms. The lowest BCUT2D eigenvalue weighted by atomic mass is 10.0. The van der Waals surface area contributed by atoms with Crippen molar-refractivity contribution in [3.8, 4) is 17.2 Å². The van der Waals surface area contributed by atoms with Gasteiger partial charge in [0, 0.05) is 12.1 Å². The van der Waals surface area contributed by atoms with E-state index in [9.17, 15) is 22.9 Å². The Hall–Kier alpha value is -2.78. The molecule has 3 rings (SSSR count). The lowest BCUT2D eigenvalue weighted by Gasteiger charge is -2.14. The van der Waals surface area contributed by atoms with Crippen molar-refractivity contribution < 1.29 is 31.4 Å². The summed E-state index contributed by atoms with van der Waals surface area (Å²) in [6, 6.07) is 5.07. The first-order valence-corrected chi connectivity index (χ1v) is 7.96. The first kappa shape index (κ1) is 16.1. The Labute approximate surface area is 135 Å². The summed E-state index contributed by atoms with van der Waals surface area (Å²) in [5.41, 5.74) is -0.601. The average Bonchev–Trinajstić information content (AvgIpc) is 2.43. The van der Waals surface area contributed by atoms with Crippen molar-refractivity contribution in [3.63, 3.8) is 0 Å². The SMILES string of the molecule is COc1cc(OS(=O)(=O)[O-])c2c(c1)cc(O)c1c(=O)cc(C)oc12. The van der Waals surface area contributed by atoms with Gasteiger partial charge in [0.1, 0.15) is 22.6 Å². The number of phenolic OH excluding ortho intramolecular Hbond substituents is 1. The molecular formula is C15H11O8S-. The topological polar surface area (TPSA) is 126 Å². The molecule has 0 fully saturated rings. The molecule has 9 heteroatoms. The van der Waals surface area contributed by atoms with Gasteiger partial charge >= 0.3 is 0 Å². The third-order valence-electron chi connectivity index (χ3n) is 3.38. The number of aromatic hydroxyl groups is 1. The molecule has 0 aliphatic rings. The minimum Gasteiger partial charge on any atom is -0.716 e. The molecule has 2 aromatic carbocycles. The Balaban J connectivity index is 2.57. The predicted octanol–water partition coefficient (Wildman–Crippen LogP) is 1.81. The van der Waals surface area contributed by atoms with Gasteiger partial charge in [0.15, 0.2) is 16.8 Å². The molecule has 24 heavy (non-hydrogen) atoms. The molecule has 0 amide bonds. The zero-order valence-electron chi connectivity index (χ0n) is 12.5. The molecule has 0 saturated carbocycles. The van der Waals surface area contributed by atoms with E-state index in [-0.39, 0.29) is 44.8 Å². The van der Waals surface area contributed by atoms with Crippen LogP contribution >= 0.6 is 0 Å². The van der Waals surface area contributed by atoms with E-state index >= 15 is 0 Å². The van der Waals surface area contributed by atoms with Crippen LogP contribution < -0.4 is 14.3 Å². The molecule has 0 aliphatic carbocycles. The Kier molecular flexibility index (Phi) is 3.61. The highest BCUT2D eigenvalue weighted by Crippen LogP contribution is 2.39. The van der Waals surface area contributed by atoms with E-state index in [0.717, 1.165) is 0 Å². The van der Waals surface area contributed by atoms with Gasteiger partial charge in [-0.15, -0.1) is 0 Å². The van der Waals surface area contributed by atoms with E-state index in [0.29, 0.717) is 0 Å². The summed E-state index contributed by atoms with van der Waals surface area (Å²) in [6.45, 7) is 1.52. The minimum absolute atomic E-state index is 0.0591. The van der Waals surface area contributed by atoms with E-state index in [2.05, 4.69) is 4.18 Å².